The number of nitrogens with zero attached hydrogens (tertiary/aromatic N) is 2. The predicted octanol–water partition coefficient (Wildman–Crippen LogP) is 2.07. The van der Waals surface area contributed by atoms with Crippen molar-refractivity contribution in [2.45, 2.75) is 19.4 Å². The smallest absolute Gasteiger partial charge is 0.248 e. The predicted molar refractivity (Wildman–Crippen MR) is 79.5 cm³/mol. The summed E-state index contributed by atoms with van der Waals surface area (Å²) in [5.74, 6) is -0.157. The summed E-state index contributed by atoms with van der Waals surface area (Å²) in [6.45, 7) is 5.40. The van der Waals surface area contributed by atoms with E-state index in [-0.39, 0.29) is 24.4 Å². The van der Waals surface area contributed by atoms with Crippen LogP contribution in [-0.4, -0.2) is 55.6 Å². The number of benzene rings is 1. The average Bonchev–Trinajstić information content (AvgIpc) is 2.51. The number of carbonyl (C=O) groups excluding carboxylic acids is 1. The fourth-order valence-corrected chi connectivity index (χ4v) is 2.89. The standard InChI is InChI=1S/C16H23FN2O2/c1-3-15(13-4-6-14(17)7-5-13)18-8-10-19(11-9-18)16(20)12-21-2/h4-7,15H,3,8-12H2,1-2H3/t15-/m0/s1. The van der Waals surface area contributed by atoms with Gasteiger partial charge in [0.25, 0.3) is 0 Å². The second kappa shape index (κ2) is 7.52. The van der Waals surface area contributed by atoms with Crippen molar-refractivity contribution >= 4 is 5.91 Å². The number of hydrogen-bond donors (Lipinski definition) is 0. The molecule has 0 aromatic heterocycles. The summed E-state index contributed by atoms with van der Waals surface area (Å²) in [5, 5.41) is 0. The van der Waals surface area contributed by atoms with Crippen LogP contribution in [0.4, 0.5) is 4.39 Å². The fourth-order valence-electron chi connectivity index (χ4n) is 2.89. The summed E-state index contributed by atoms with van der Waals surface area (Å²) in [5.41, 5.74) is 1.13. The van der Waals surface area contributed by atoms with Crippen LogP contribution in [0.2, 0.25) is 0 Å². The molecule has 5 heteroatoms. The number of rotatable bonds is 5. The van der Waals surface area contributed by atoms with Crippen molar-refractivity contribution in [1.29, 1.82) is 0 Å². The first-order chi connectivity index (χ1) is 10.2. The van der Waals surface area contributed by atoms with Gasteiger partial charge in [-0.2, -0.15) is 0 Å². The number of halogens is 1. The third-order valence-electron chi connectivity index (χ3n) is 4.02. The van der Waals surface area contributed by atoms with E-state index < -0.39 is 0 Å². The highest BCUT2D eigenvalue weighted by molar-refractivity contribution is 5.77. The van der Waals surface area contributed by atoms with Gasteiger partial charge in [0.15, 0.2) is 0 Å². The first-order valence-electron chi connectivity index (χ1n) is 7.42. The Labute approximate surface area is 125 Å². The molecule has 4 nitrogen and oxygen atoms in total. The molecular formula is C16H23FN2O2. The van der Waals surface area contributed by atoms with Gasteiger partial charge in [0.1, 0.15) is 12.4 Å². The van der Waals surface area contributed by atoms with Crippen LogP contribution in [0, 0.1) is 5.82 Å². The summed E-state index contributed by atoms with van der Waals surface area (Å²) in [6.07, 6.45) is 0.970. The minimum absolute atomic E-state index is 0.0481. The van der Waals surface area contributed by atoms with Crippen LogP contribution >= 0.6 is 0 Å². The van der Waals surface area contributed by atoms with Crippen LogP contribution in [0.3, 0.4) is 0 Å². The van der Waals surface area contributed by atoms with Gasteiger partial charge in [-0.05, 0) is 24.1 Å². The quantitative estimate of drug-likeness (QED) is 0.833. The van der Waals surface area contributed by atoms with E-state index in [2.05, 4.69) is 11.8 Å². The maximum absolute atomic E-state index is 13.0. The van der Waals surface area contributed by atoms with Gasteiger partial charge in [0, 0.05) is 39.3 Å². The topological polar surface area (TPSA) is 32.8 Å². The van der Waals surface area contributed by atoms with Crippen molar-refractivity contribution in [1.82, 2.24) is 9.80 Å². The molecule has 1 saturated heterocycles. The molecule has 2 rings (SSSR count). The van der Waals surface area contributed by atoms with Crippen LogP contribution in [-0.2, 0) is 9.53 Å². The highest BCUT2D eigenvalue weighted by Crippen LogP contribution is 2.25. The Morgan fingerprint density at radius 2 is 1.86 bits per heavy atom. The number of amides is 1. The van der Waals surface area contributed by atoms with Crippen LogP contribution in [0.15, 0.2) is 24.3 Å². The van der Waals surface area contributed by atoms with Crippen molar-refractivity contribution in [3.63, 3.8) is 0 Å². The maximum atomic E-state index is 13.0. The first-order valence-corrected chi connectivity index (χ1v) is 7.42. The number of methoxy groups -OCH3 is 1. The number of hydrogen-bond acceptors (Lipinski definition) is 3. The molecule has 1 fully saturated rings. The molecule has 0 unspecified atom stereocenters. The number of piperazine rings is 1. The molecular weight excluding hydrogens is 271 g/mol. The van der Waals surface area contributed by atoms with Crippen molar-refractivity contribution in [2.24, 2.45) is 0 Å². The minimum Gasteiger partial charge on any atom is -0.375 e. The molecule has 0 aliphatic carbocycles. The van der Waals surface area contributed by atoms with Crippen LogP contribution in [0.25, 0.3) is 0 Å². The van der Waals surface area contributed by atoms with E-state index >= 15 is 0 Å². The summed E-state index contributed by atoms with van der Waals surface area (Å²) >= 11 is 0. The molecule has 1 aliphatic heterocycles. The lowest BCUT2D eigenvalue weighted by Gasteiger charge is -2.39. The van der Waals surface area contributed by atoms with Crippen molar-refractivity contribution in [3.8, 4) is 0 Å². The molecule has 0 saturated carbocycles. The largest absolute Gasteiger partial charge is 0.375 e. The van der Waals surface area contributed by atoms with E-state index in [1.54, 1.807) is 0 Å². The van der Waals surface area contributed by atoms with Crippen LogP contribution in [0.5, 0.6) is 0 Å². The molecule has 1 atom stereocenters. The van der Waals surface area contributed by atoms with Crippen molar-refractivity contribution < 1.29 is 13.9 Å². The molecule has 1 amide bonds. The highest BCUT2D eigenvalue weighted by atomic mass is 19.1. The molecule has 1 heterocycles. The van der Waals surface area contributed by atoms with Gasteiger partial charge >= 0.3 is 0 Å². The van der Waals surface area contributed by atoms with E-state index in [0.717, 1.165) is 38.2 Å². The van der Waals surface area contributed by atoms with Gasteiger partial charge in [0.05, 0.1) is 0 Å². The Morgan fingerprint density at radius 1 is 1.24 bits per heavy atom. The molecule has 0 N–H and O–H groups in total. The zero-order valence-electron chi connectivity index (χ0n) is 12.7. The van der Waals surface area contributed by atoms with Crippen LogP contribution in [0.1, 0.15) is 24.9 Å². The lowest BCUT2D eigenvalue weighted by molar-refractivity contribution is -0.137. The second-order valence-corrected chi connectivity index (χ2v) is 5.33. The van der Waals surface area contributed by atoms with Gasteiger partial charge in [0.2, 0.25) is 5.91 Å². The Bertz CT molecular complexity index is 456. The van der Waals surface area contributed by atoms with E-state index in [9.17, 15) is 9.18 Å². The van der Waals surface area contributed by atoms with Gasteiger partial charge in [-0.1, -0.05) is 19.1 Å². The molecule has 0 radical (unpaired) electrons. The van der Waals surface area contributed by atoms with E-state index in [1.807, 2.05) is 17.0 Å². The zero-order chi connectivity index (χ0) is 15.2. The zero-order valence-corrected chi connectivity index (χ0v) is 12.7. The molecule has 1 aliphatic rings. The third kappa shape index (κ3) is 4.02. The first kappa shape index (κ1) is 15.9. The molecule has 0 bridgehead atoms. The minimum atomic E-state index is -0.205. The lowest BCUT2D eigenvalue weighted by Crippen LogP contribution is -2.50. The van der Waals surface area contributed by atoms with Crippen molar-refractivity contribution in [3.05, 3.63) is 35.6 Å². The molecule has 1 aromatic rings. The Kier molecular flexibility index (Phi) is 5.70. The summed E-state index contributed by atoms with van der Waals surface area (Å²) < 4.78 is 17.9. The number of carbonyl (C=O) groups is 1. The SMILES string of the molecule is CC[C@@H](c1ccc(F)cc1)N1CCN(C(=O)COC)CC1. The monoisotopic (exact) mass is 294 g/mol. The van der Waals surface area contributed by atoms with E-state index in [1.165, 1.54) is 19.2 Å². The van der Waals surface area contributed by atoms with Crippen molar-refractivity contribution in [2.75, 3.05) is 39.9 Å². The highest BCUT2D eigenvalue weighted by Gasteiger charge is 2.25. The van der Waals surface area contributed by atoms with Gasteiger partial charge in [-0.25, -0.2) is 4.39 Å². The number of ether oxygens (including phenoxy) is 1. The van der Waals surface area contributed by atoms with Gasteiger partial charge in [-0.3, -0.25) is 9.69 Å². The van der Waals surface area contributed by atoms with Gasteiger partial charge < -0.3 is 9.64 Å². The fraction of sp³-hybridized carbons (Fsp3) is 0.562. The second-order valence-electron chi connectivity index (χ2n) is 5.33. The average molecular weight is 294 g/mol. The molecule has 21 heavy (non-hydrogen) atoms. The molecule has 116 valence electrons. The normalized spacial score (nSPS) is 17.8. The summed E-state index contributed by atoms with van der Waals surface area (Å²) in [6, 6.07) is 7.01. The molecule has 0 spiro atoms. The third-order valence-corrected chi connectivity index (χ3v) is 4.02. The van der Waals surface area contributed by atoms with E-state index in [4.69, 9.17) is 4.74 Å². The lowest BCUT2D eigenvalue weighted by atomic mass is 10.0. The Balaban J connectivity index is 1.96. The molecule has 1 aromatic carbocycles. The van der Waals surface area contributed by atoms with E-state index in [0.29, 0.717) is 0 Å². The summed E-state index contributed by atoms with van der Waals surface area (Å²) in [4.78, 5) is 16.0. The van der Waals surface area contributed by atoms with Gasteiger partial charge in [-0.15, -0.1) is 0 Å². The Hall–Kier alpha value is -1.46. The summed E-state index contributed by atoms with van der Waals surface area (Å²) in [7, 11) is 1.54. The Morgan fingerprint density at radius 3 is 2.38 bits per heavy atom. The van der Waals surface area contributed by atoms with Crippen LogP contribution < -0.4 is 0 Å². The maximum Gasteiger partial charge on any atom is 0.248 e.